The molecule has 1 atom stereocenters. The van der Waals surface area contributed by atoms with E-state index in [-0.39, 0.29) is 53.4 Å². The first-order valence-electron chi connectivity index (χ1n) is 9.68. The highest BCUT2D eigenvalue weighted by Gasteiger charge is 2.30. The van der Waals surface area contributed by atoms with Crippen LogP contribution in [0.1, 0.15) is 22.8 Å². The molecule has 0 radical (unpaired) electrons. The van der Waals surface area contributed by atoms with E-state index in [2.05, 4.69) is 0 Å². The maximum atomic E-state index is 12.6. The van der Waals surface area contributed by atoms with E-state index >= 15 is 0 Å². The van der Waals surface area contributed by atoms with Crippen LogP contribution in [0.2, 0.25) is 5.02 Å². The molecule has 0 amide bonds. The molecule has 2 aromatic rings. The van der Waals surface area contributed by atoms with Gasteiger partial charge < -0.3 is 38.6 Å². The largest absolute Gasteiger partial charge is 0.507 e. The summed E-state index contributed by atoms with van der Waals surface area (Å²) in [5.74, 6) is -1.93. The van der Waals surface area contributed by atoms with Crippen molar-refractivity contribution in [2.45, 2.75) is 19.4 Å². The van der Waals surface area contributed by atoms with Crippen molar-refractivity contribution in [1.29, 1.82) is 0 Å². The van der Waals surface area contributed by atoms with E-state index < -0.39 is 34.2 Å². The Morgan fingerprint density at radius 3 is 2.29 bits per heavy atom. The van der Waals surface area contributed by atoms with E-state index in [9.17, 15) is 25.1 Å². The van der Waals surface area contributed by atoms with Crippen LogP contribution in [0.5, 0.6) is 28.7 Å². The number of phenols is 2. The van der Waals surface area contributed by atoms with Crippen molar-refractivity contribution in [1.82, 2.24) is 0 Å². The third-order valence-corrected chi connectivity index (χ3v) is 4.71. The number of nitrogens with zero attached hydrogens (tertiary/aromatic N) is 1. The van der Waals surface area contributed by atoms with Crippen LogP contribution >= 0.6 is 11.6 Å². The number of carbonyl (C=O) groups is 1. The van der Waals surface area contributed by atoms with E-state index in [0.717, 1.165) is 18.2 Å². The third-order valence-electron chi connectivity index (χ3n) is 4.41. The van der Waals surface area contributed by atoms with Gasteiger partial charge in [-0.25, -0.2) is 4.79 Å². The molecular formula is C21H24ClNO11. The topological polar surface area (TPSA) is 156 Å². The van der Waals surface area contributed by atoms with Gasteiger partial charge in [0.1, 0.15) is 23.2 Å². The number of esters is 1. The van der Waals surface area contributed by atoms with Gasteiger partial charge in [0.05, 0.1) is 28.7 Å². The Balaban J connectivity index is 2.46. The summed E-state index contributed by atoms with van der Waals surface area (Å²) in [6.45, 7) is 1.00. The summed E-state index contributed by atoms with van der Waals surface area (Å²) < 4.78 is 31.4. The summed E-state index contributed by atoms with van der Waals surface area (Å²) in [6, 6.07) is 3.09. The summed E-state index contributed by atoms with van der Waals surface area (Å²) >= 11 is 5.81. The molecule has 2 rings (SSSR count). The van der Waals surface area contributed by atoms with Gasteiger partial charge in [0.15, 0.2) is 25.1 Å². The predicted octanol–water partition coefficient (Wildman–Crippen LogP) is 3.42. The van der Waals surface area contributed by atoms with Gasteiger partial charge >= 0.3 is 11.7 Å². The maximum absolute atomic E-state index is 12.6. The van der Waals surface area contributed by atoms with Crippen LogP contribution < -0.4 is 14.2 Å². The zero-order valence-electron chi connectivity index (χ0n) is 18.8. The Labute approximate surface area is 199 Å². The molecule has 0 fully saturated rings. The molecule has 0 aromatic heterocycles. The number of rotatable bonds is 12. The van der Waals surface area contributed by atoms with Gasteiger partial charge in [0, 0.05) is 26.7 Å². The highest BCUT2D eigenvalue weighted by atomic mass is 35.5. The quantitative estimate of drug-likeness (QED) is 0.190. The Kier molecular flexibility index (Phi) is 9.54. The third kappa shape index (κ3) is 6.31. The Morgan fingerprint density at radius 2 is 1.71 bits per heavy atom. The standard InChI is InChI=1S/C21H24ClNO11/c1-11(34-21(26)12-6-14(22)17(25)8-16(12)24)5-13-19(33-10-30-3)15(23(27)28)7-18(20(13)31-4)32-9-29-2/h6-8,11,24-25H,5,9-10H2,1-4H3. The summed E-state index contributed by atoms with van der Waals surface area (Å²) in [6.07, 6.45) is -0.999. The average molecular weight is 502 g/mol. The van der Waals surface area contributed by atoms with Crippen molar-refractivity contribution in [2.75, 3.05) is 34.9 Å². The highest BCUT2D eigenvalue weighted by Crippen LogP contribution is 2.45. The lowest BCUT2D eigenvalue weighted by atomic mass is 10.0. The van der Waals surface area contributed by atoms with Crippen LogP contribution in [-0.4, -0.2) is 62.1 Å². The molecule has 12 nitrogen and oxygen atoms in total. The monoisotopic (exact) mass is 501 g/mol. The van der Waals surface area contributed by atoms with Gasteiger partial charge in [-0.15, -0.1) is 0 Å². The van der Waals surface area contributed by atoms with E-state index in [0.29, 0.717) is 0 Å². The van der Waals surface area contributed by atoms with Gasteiger partial charge in [-0.05, 0) is 13.0 Å². The van der Waals surface area contributed by atoms with Crippen LogP contribution in [-0.2, 0) is 20.6 Å². The number of phenolic OH excluding ortho intramolecular Hbond substituents is 2. The minimum Gasteiger partial charge on any atom is -0.507 e. The number of halogens is 1. The van der Waals surface area contributed by atoms with E-state index in [1.54, 1.807) is 0 Å². The molecule has 0 aliphatic carbocycles. The minimum atomic E-state index is -0.938. The number of carbonyl (C=O) groups excluding carboxylic acids is 1. The van der Waals surface area contributed by atoms with Crippen LogP contribution in [0.3, 0.4) is 0 Å². The van der Waals surface area contributed by atoms with Crippen LogP contribution in [0.4, 0.5) is 5.69 Å². The molecular weight excluding hydrogens is 478 g/mol. The summed E-state index contributed by atoms with van der Waals surface area (Å²) in [5.41, 5.74) is -0.533. The summed E-state index contributed by atoms with van der Waals surface area (Å²) in [7, 11) is 4.06. The number of ether oxygens (including phenoxy) is 6. The SMILES string of the molecule is COCOc1cc([N+](=O)[O-])c(OCOC)c(CC(C)OC(=O)c2cc(Cl)c(O)cc2O)c1OC. The number of hydrogen-bond acceptors (Lipinski definition) is 11. The molecule has 2 aromatic carbocycles. The molecule has 13 heteroatoms. The van der Waals surface area contributed by atoms with E-state index in [4.69, 9.17) is 40.0 Å². The molecule has 0 aliphatic rings. The molecule has 0 saturated carbocycles. The fourth-order valence-electron chi connectivity index (χ4n) is 3.00. The number of benzene rings is 2. The first-order valence-corrected chi connectivity index (χ1v) is 10.1. The molecule has 34 heavy (non-hydrogen) atoms. The smallest absolute Gasteiger partial charge is 0.342 e. The van der Waals surface area contributed by atoms with Crippen LogP contribution in [0, 0.1) is 10.1 Å². The van der Waals surface area contributed by atoms with Crippen molar-refractivity contribution in [3.05, 3.63) is 44.5 Å². The average Bonchev–Trinajstić information content (AvgIpc) is 2.78. The zero-order valence-corrected chi connectivity index (χ0v) is 19.6. The Morgan fingerprint density at radius 1 is 1.06 bits per heavy atom. The number of hydrogen-bond donors (Lipinski definition) is 2. The number of nitro groups is 1. The number of aromatic hydroxyl groups is 2. The first-order chi connectivity index (χ1) is 16.1. The number of methoxy groups -OCH3 is 3. The lowest BCUT2D eigenvalue weighted by Crippen LogP contribution is -2.19. The Bertz CT molecular complexity index is 1040. The second-order valence-electron chi connectivity index (χ2n) is 6.83. The fourth-order valence-corrected chi connectivity index (χ4v) is 3.17. The molecule has 0 saturated heterocycles. The van der Waals surface area contributed by atoms with Crippen molar-refractivity contribution in [3.63, 3.8) is 0 Å². The molecule has 186 valence electrons. The molecule has 2 N–H and O–H groups in total. The predicted molar refractivity (Wildman–Crippen MR) is 118 cm³/mol. The second kappa shape index (κ2) is 12.1. The number of nitro benzene ring substituents is 1. The van der Waals surface area contributed by atoms with Gasteiger partial charge in [-0.2, -0.15) is 0 Å². The molecule has 0 aliphatic heterocycles. The lowest BCUT2D eigenvalue weighted by Gasteiger charge is -2.21. The summed E-state index contributed by atoms with van der Waals surface area (Å²) in [5, 5.41) is 31.1. The normalized spacial score (nSPS) is 11.6. The minimum absolute atomic E-state index is 0.0114. The molecule has 0 heterocycles. The van der Waals surface area contributed by atoms with Crippen molar-refractivity contribution in [2.24, 2.45) is 0 Å². The molecule has 1 unspecified atom stereocenters. The van der Waals surface area contributed by atoms with Crippen molar-refractivity contribution < 1.29 is 48.4 Å². The van der Waals surface area contributed by atoms with Crippen LogP contribution in [0.15, 0.2) is 18.2 Å². The Hall–Kier alpha value is -3.48. The van der Waals surface area contributed by atoms with Crippen molar-refractivity contribution in [3.8, 4) is 28.7 Å². The fraction of sp³-hybridized carbons (Fsp3) is 0.381. The van der Waals surface area contributed by atoms with Gasteiger partial charge in [0.25, 0.3) is 0 Å². The van der Waals surface area contributed by atoms with Crippen molar-refractivity contribution >= 4 is 23.3 Å². The maximum Gasteiger partial charge on any atom is 0.342 e. The lowest BCUT2D eigenvalue weighted by molar-refractivity contribution is -0.386. The van der Waals surface area contributed by atoms with Crippen LogP contribution in [0.25, 0.3) is 0 Å². The molecule has 0 bridgehead atoms. The highest BCUT2D eigenvalue weighted by molar-refractivity contribution is 6.32. The van der Waals surface area contributed by atoms with Gasteiger partial charge in [-0.3, -0.25) is 10.1 Å². The summed E-state index contributed by atoms with van der Waals surface area (Å²) in [4.78, 5) is 23.6. The first kappa shape index (κ1) is 26.8. The van der Waals surface area contributed by atoms with Gasteiger partial charge in [0.2, 0.25) is 5.75 Å². The second-order valence-corrected chi connectivity index (χ2v) is 7.24. The van der Waals surface area contributed by atoms with E-state index in [1.165, 1.54) is 28.3 Å². The molecule has 0 spiro atoms. The zero-order chi connectivity index (χ0) is 25.4. The van der Waals surface area contributed by atoms with E-state index in [1.807, 2.05) is 0 Å². The van der Waals surface area contributed by atoms with Gasteiger partial charge in [-0.1, -0.05) is 11.6 Å².